The average molecular weight is 447 g/mol. The molecule has 0 aliphatic heterocycles. The van der Waals surface area contributed by atoms with Crippen LogP contribution in [-0.4, -0.2) is 44.2 Å². The molecule has 4 N–H and O–H groups in total. The predicted octanol–water partition coefficient (Wildman–Crippen LogP) is 3.67. The maximum absolute atomic E-state index is 14.5. The van der Waals surface area contributed by atoms with Crippen molar-refractivity contribution in [2.75, 3.05) is 18.6 Å². The number of thioether (sulfide) groups is 1. The van der Waals surface area contributed by atoms with Gasteiger partial charge in [0, 0.05) is 13.1 Å². The van der Waals surface area contributed by atoms with Gasteiger partial charge in [0.15, 0.2) is 17.5 Å². The number of primary amides is 1. The molecule has 10 heteroatoms. The summed E-state index contributed by atoms with van der Waals surface area (Å²) in [6, 6.07) is 1.56. The van der Waals surface area contributed by atoms with Crippen LogP contribution in [0, 0.1) is 23.5 Å². The fourth-order valence-corrected chi connectivity index (χ4v) is 2.83. The molecule has 0 radical (unpaired) electrons. The third-order valence-corrected chi connectivity index (χ3v) is 5.67. The Morgan fingerprint density at radius 3 is 2.58 bits per heavy atom. The predicted molar refractivity (Wildman–Crippen MR) is 119 cm³/mol. The van der Waals surface area contributed by atoms with E-state index in [0.29, 0.717) is 5.52 Å². The largest absolute Gasteiger partial charge is 0.371 e. The number of fused-ring (bicyclic) bond motifs is 1. The first-order valence-electron chi connectivity index (χ1n) is 9.73. The van der Waals surface area contributed by atoms with Gasteiger partial charge in [-0.05, 0) is 36.3 Å². The van der Waals surface area contributed by atoms with E-state index >= 15 is 0 Å². The molecule has 4 rings (SSSR count). The molecule has 0 bridgehead atoms. The van der Waals surface area contributed by atoms with Gasteiger partial charge in [0.05, 0.1) is 17.4 Å². The van der Waals surface area contributed by atoms with Crippen molar-refractivity contribution in [1.29, 1.82) is 0 Å². The van der Waals surface area contributed by atoms with Crippen LogP contribution in [0.1, 0.15) is 54.3 Å². The summed E-state index contributed by atoms with van der Waals surface area (Å²) in [4.78, 5) is 15.7. The number of hydrogen-bond donors (Lipinski definition) is 3. The zero-order valence-corrected chi connectivity index (χ0v) is 18.5. The summed E-state index contributed by atoms with van der Waals surface area (Å²) in [6.07, 6.45) is 5.49. The lowest BCUT2D eigenvalue weighted by Gasteiger charge is -2.04. The normalized spacial score (nSPS) is 12.9. The topological polar surface area (TPSA) is 102 Å². The molecule has 0 saturated heterocycles. The van der Waals surface area contributed by atoms with Crippen LogP contribution in [-0.2, 0) is 0 Å². The molecule has 1 aliphatic rings. The van der Waals surface area contributed by atoms with Crippen molar-refractivity contribution in [3.63, 3.8) is 0 Å². The number of benzene rings is 1. The van der Waals surface area contributed by atoms with Gasteiger partial charge < -0.3 is 15.6 Å². The molecule has 7 nitrogen and oxygen atoms in total. The molecule has 0 atom stereocenters. The van der Waals surface area contributed by atoms with E-state index in [1.807, 2.05) is 11.8 Å². The molecule has 31 heavy (non-hydrogen) atoms. The van der Waals surface area contributed by atoms with Crippen molar-refractivity contribution in [1.82, 2.24) is 19.7 Å². The summed E-state index contributed by atoms with van der Waals surface area (Å²) in [5, 5.41) is 9.92. The fourth-order valence-electron chi connectivity index (χ4n) is 2.83. The number of nitrogens with zero attached hydrogens (tertiary/aromatic N) is 3. The number of imidazole rings is 1. The molecular weight excluding hydrogens is 422 g/mol. The van der Waals surface area contributed by atoms with Gasteiger partial charge >= 0.3 is 0 Å². The number of anilines is 1. The molecule has 2 aromatic heterocycles. The Bertz CT molecular complexity index is 1170. The first kappa shape index (κ1) is 22.6. The minimum Gasteiger partial charge on any atom is -0.371 e. The van der Waals surface area contributed by atoms with Crippen LogP contribution in [0.3, 0.4) is 0 Å². The van der Waals surface area contributed by atoms with E-state index in [1.54, 1.807) is 11.6 Å². The molecule has 1 aliphatic carbocycles. The number of H-pyrrole nitrogens is 1. The summed E-state index contributed by atoms with van der Waals surface area (Å²) in [7, 11) is 1.57. The Hall–Kier alpha value is -3.06. The molecule has 3 aromatic rings. The Balaban J connectivity index is 0.000000491. The van der Waals surface area contributed by atoms with Gasteiger partial charge in [-0.3, -0.25) is 9.89 Å². The van der Waals surface area contributed by atoms with Crippen LogP contribution in [0.2, 0.25) is 0 Å². The van der Waals surface area contributed by atoms with Gasteiger partial charge in [-0.15, -0.1) is 0 Å². The van der Waals surface area contributed by atoms with Gasteiger partial charge in [0.25, 0.3) is 5.91 Å². The minimum absolute atomic E-state index is 0.0555. The average Bonchev–Trinajstić information content (AvgIpc) is 3.36. The van der Waals surface area contributed by atoms with Crippen LogP contribution in [0.25, 0.3) is 11.0 Å². The second-order valence-electron chi connectivity index (χ2n) is 7.27. The van der Waals surface area contributed by atoms with Crippen molar-refractivity contribution < 1.29 is 13.6 Å². The SMILES string of the molecule is CNc1n[nH]c(C#Cc2cc3ncn(C4CC4)c3c(F)c2F)c1C(N)=O.CSC(C)C. The zero-order chi connectivity index (χ0) is 22.7. The molecule has 0 spiro atoms. The summed E-state index contributed by atoms with van der Waals surface area (Å²) < 4.78 is 30.6. The zero-order valence-electron chi connectivity index (χ0n) is 17.7. The van der Waals surface area contributed by atoms with Crippen molar-refractivity contribution in [3.05, 3.63) is 40.8 Å². The Morgan fingerprint density at radius 2 is 2.03 bits per heavy atom. The number of nitrogens with one attached hydrogen (secondary N) is 2. The van der Waals surface area contributed by atoms with Gasteiger partial charge in [0.1, 0.15) is 16.8 Å². The van der Waals surface area contributed by atoms with E-state index in [2.05, 4.69) is 52.4 Å². The van der Waals surface area contributed by atoms with Crippen molar-refractivity contribution in [3.8, 4) is 11.8 Å². The van der Waals surface area contributed by atoms with Crippen LogP contribution in [0.5, 0.6) is 0 Å². The van der Waals surface area contributed by atoms with Crippen LogP contribution < -0.4 is 11.1 Å². The highest BCUT2D eigenvalue weighted by molar-refractivity contribution is 7.99. The number of aromatic amines is 1. The molecular formula is C21H24F2N6OS. The molecule has 1 saturated carbocycles. The third-order valence-electron chi connectivity index (χ3n) is 4.72. The summed E-state index contributed by atoms with van der Waals surface area (Å²) >= 11 is 1.88. The number of carbonyl (C=O) groups excluding carboxylic acids is 1. The number of halogens is 2. The van der Waals surface area contributed by atoms with Gasteiger partial charge in [-0.25, -0.2) is 13.8 Å². The number of carbonyl (C=O) groups is 1. The first-order chi connectivity index (χ1) is 14.8. The highest BCUT2D eigenvalue weighted by atomic mass is 32.2. The summed E-state index contributed by atoms with van der Waals surface area (Å²) in [6.45, 7) is 4.37. The monoisotopic (exact) mass is 446 g/mol. The third kappa shape index (κ3) is 4.82. The van der Waals surface area contributed by atoms with E-state index in [1.165, 1.54) is 12.4 Å². The standard InChI is InChI=1S/C17H14F2N6O.C4H10S/c1-21-17-12(16(20)26)10(23-24-17)5-2-8-6-11-15(14(19)13(8)18)25(7-22-11)9-3-4-9;1-4(2)5-3/h6-7,9H,3-4H2,1H3,(H2,20,26)(H2,21,23,24);4H,1-3H3. The lowest BCUT2D eigenvalue weighted by molar-refractivity contribution is 0.100. The number of rotatable bonds is 4. The van der Waals surface area contributed by atoms with Gasteiger partial charge in [-0.1, -0.05) is 19.8 Å². The molecule has 1 fully saturated rings. The highest BCUT2D eigenvalue weighted by Crippen LogP contribution is 2.38. The molecule has 0 unspecified atom stereocenters. The lowest BCUT2D eigenvalue weighted by atomic mass is 10.1. The minimum atomic E-state index is -1.05. The molecule has 2 heterocycles. The van der Waals surface area contributed by atoms with E-state index in [0.717, 1.165) is 18.1 Å². The quantitative estimate of drug-likeness (QED) is 0.531. The van der Waals surface area contributed by atoms with Crippen LogP contribution in [0.15, 0.2) is 12.4 Å². The second-order valence-corrected chi connectivity index (χ2v) is 8.69. The lowest BCUT2D eigenvalue weighted by Crippen LogP contribution is -2.13. The molecule has 164 valence electrons. The van der Waals surface area contributed by atoms with Gasteiger partial charge in [-0.2, -0.15) is 16.9 Å². The van der Waals surface area contributed by atoms with Crippen molar-refractivity contribution in [2.24, 2.45) is 5.73 Å². The van der Waals surface area contributed by atoms with Crippen LogP contribution >= 0.6 is 11.8 Å². The van der Waals surface area contributed by atoms with Gasteiger partial charge in [0.2, 0.25) is 0 Å². The molecule has 1 aromatic carbocycles. The summed E-state index contributed by atoms with van der Waals surface area (Å²) in [5.41, 5.74) is 5.80. The van der Waals surface area contributed by atoms with Crippen LogP contribution in [0.4, 0.5) is 14.6 Å². The Kier molecular flexibility index (Phi) is 6.85. The number of amides is 1. The smallest absolute Gasteiger partial charge is 0.255 e. The van der Waals surface area contributed by atoms with E-state index in [-0.39, 0.29) is 34.2 Å². The second kappa shape index (κ2) is 9.39. The Labute approximate surface area is 183 Å². The Morgan fingerprint density at radius 1 is 1.35 bits per heavy atom. The number of aromatic nitrogens is 4. The highest BCUT2D eigenvalue weighted by Gasteiger charge is 2.27. The van der Waals surface area contributed by atoms with Crippen molar-refractivity contribution >= 4 is 34.5 Å². The first-order valence-corrected chi connectivity index (χ1v) is 11.0. The molecule has 1 amide bonds. The van der Waals surface area contributed by atoms with E-state index in [9.17, 15) is 13.6 Å². The van der Waals surface area contributed by atoms with E-state index < -0.39 is 17.5 Å². The van der Waals surface area contributed by atoms with Crippen molar-refractivity contribution in [2.45, 2.75) is 38.0 Å². The fraction of sp³-hybridized carbons (Fsp3) is 0.381. The van der Waals surface area contributed by atoms with E-state index in [4.69, 9.17) is 5.73 Å². The summed E-state index contributed by atoms with van der Waals surface area (Å²) in [5.74, 6) is 2.57. The maximum Gasteiger partial charge on any atom is 0.255 e. The number of hydrogen-bond acceptors (Lipinski definition) is 5. The number of nitrogens with two attached hydrogens (primary N) is 1. The maximum atomic E-state index is 14.5.